The average molecular weight is 304 g/mol. The van der Waals surface area contributed by atoms with Gasteiger partial charge in [-0.05, 0) is 31.9 Å². The van der Waals surface area contributed by atoms with Crippen LogP contribution in [0.15, 0.2) is 23.1 Å². The highest BCUT2D eigenvalue weighted by molar-refractivity contribution is 7.89. The molecule has 1 saturated heterocycles. The number of hydrogen-bond acceptors (Lipinski definition) is 3. The normalized spacial score (nSPS) is 17.4. The Morgan fingerprint density at radius 3 is 2.58 bits per heavy atom. The van der Waals surface area contributed by atoms with E-state index in [1.165, 1.54) is 10.4 Å². The van der Waals surface area contributed by atoms with Gasteiger partial charge in [-0.1, -0.05) is 18.0 Å². The van der Waals surface area contributed by atoms with Crippen molar-refractivity contribution in [2.75, 3.05) is 19.7 Å². The Balaban J connectivity index is 2.38. The lowest BCUT2D eigenvalue weighted by atomic mass is 10.2. The summed E-state index contributed by atoms with van der Waals surface area (Å²) in [5.41, 5.74) is 0. The second-order valence-electron chi connectivity index (χ2n) is 4.49. The molecule has 0 radical (unpaired) electrons. The molecule has 0 spiro atoms. The number of ether oxygens (including phenoxy) is 1. The zero-order chi connectivity index (χ0) is 13.9. The molecule has 6 heteroatoms. The molecule has 19 heavy (non-hydrogen) atoms. The fourth-order valence-electron chi connectivity index (χ4n) is 2.21. The predicted octanol–water partition coefficient (Wildman–Crippen LogP) is 2.91. The molecule has 1 aromatic carbocycles. The van der Waals surface area contributed by atoms with Crippen LogP contribution in [0.5, 0.6) is 5.75 Å². The van der Waals surface area contributed by atoms with Crippen LogP contribution in [0.4, 0.5) is 0 Å². The maximum Gasteiger partial charge on any atom is 0.246 e. The second-order valence-corrected chi connectivity index (χ2v) is 6.83. The Hall–Kier alpha value is -0.780. The number of benzene rings is 1. The number of rotatable bonds is 4. The molecule has 1 heterocycles. The van der Waals surface area contributed by atoms with Gasteiger partial charge in [0.2, 0.25) is 10.0 Å². The standard InChI is InChI=1S/C13H18ClNO3S/c1-2-18-12-10-11(14)6-7-13(12)19(16,17)15-8-4-3-5-9-15/h6-7,10H,2-5,8-9H2,1H3. The SMILES string of the molecule is CCOc1cc(Cl)ccc1S(=O)(=O)N1CCCCC1. The number of hydrogen-bond donors (Lipinski definition) is 0. The zero-order valence-electron chi connectivity index (χ0n) is 10.9. The van der Waals surface area contributed by atoms with Gasteiger partial charge in [0, 0.05) is 24.2 Å². The van der Waals surface area contributed by atoms with Crippen molar-refractivity contribution < 1.29 is 13.2 Å². The fraction of sp³-hybridized carbons (Fsp3) is 0.538. The zero-order valence-corrected chi connectivity index (χ0v) is 12.5. The van der Waals surface area contributed by atoms with Crippen molar-refractivity contribution in [3.8, 4) is 5.75 Å². The first kappa shape index (κ1) is 14.6. The Labute approximate surface area is 119 Å². The minimum atomic E-state index is -3.48. The number of sulfonamides is 1. The average Bonchev–Trinajstić information content (AvgIpc) is 2.40. The van der Waals surface area contributed by atoms with Gasteiger partial charge in [-0.25, -0.2) is 8.42 Å². The van der Waals surface area contributed by atoms with Crippen molar-refractivity contribution in [3.63, 3.8) is 0 Å². The molecule has 0 bridgehead atoms. The Morgan fingerprint density at radius 2 is 1.95 bits per heavy atom. The van der Waals surface area contributed by atoms with Crippen molar-refractivity contribution >= 4 is 21.6 Å². The van der Waals surface area contributed by atoms with Gasteiger partial charge < -0.3 is 4.74 Å². The van der Waals surface area contributed by atoms with E-state index < -0.39 is 10.0 Å². The van der Waals surface area contributed by atoms with Crippen molar-refractivity contribution in [1.82, 2.24) is 4.31 Å². The van der Waals surface area contributed by atoms with E-state index >= 15 is 0 Å². The summed E-state index contributed by atoms with van der Waals surface area (Å²) in [6.45, 7) is 3.38. The molecule has 1 aliphatic heterocycles. The molecule has 0 amide bonds. The molecule has 2 rings (SSSR count). The summed E-state index contributed by atoms with van der Waals surface area (Å²) in [5.74, 6) is 0.334. The molecule has 0 unspecified atom stereocenters. The highest BCUT2D eigenvalue weighted by atomic mass is 35.5. The first-order chi connectivity index (χ1) is 9.05. The summed E-state index contributed by atoms with van der Waals surface area (Å²) in [6.07, 6.45) is 2.92. The largest absolute Gasteiger partial charge is 0.492 e. The maximum atomic E-state index is 12.6. The van der Waals surface area contributed by atoms with Crippen molar-refractivity contribution in [1.29, 1.82) is 0 Å². The van der Waals surface area contributed by atoms with Crippen molar-refractivity contribution in [2.45, 2.75) is 31.1 Å². The molecule has 106 valence electrons. The second kappa shape index (κ2) is 6.11. The van der Waals surface area contributed by atoms with E-state index in [-0.39, 0.29) is 4.90 Å². The lowest BCUT2D eigenvalue weighted by Crippen LogP contribution is -2.35. The molecule has 0 aromatic heterocycles. The molecule has 1 aliphatic rings. The monoisotopic (exact) mass is 303 g/mol. The van der Waals surface area contributed by atoms with E-state index in [1.54, 1.807) is 12.1 Å². The van der Waals surface area contributed by atoms with Gasteiger partial charge >= 0.3 is 0 Å². The van der Waals surface area contributed by atoms with Gasteiger partial charge in [-0.3, -0.25) is 0 Å². The first-order valence-electron chi connectivity index (χ1n) is 6.48. The van der Waals surface area contributed by atoms with E-state index in [1.807, 2.05) is 6.92 Å². The maximum absolute atomic E-state index is 12.6. The lowest BCUT2D eigenvalue weighted by Gasteiger charge is -2.26. The van der Waals surface area contributed by atoms with Crippen LogP contribution in [0.25, 0.3) is 0 Å². The molecule has 1 fully saturated rings. The van der Waals surface area contributed by atoms with Gasteiger partial charge in [0.15, 0.2) is 0 Å². The molecular weight excluding hydrogens is 286 g/mol. The van der Waals surface area contributed by atoms with Gasteiger partial charge in [-0.2, -0.15) is 4.31 Å². The van der Waals surface area contributed by atoms with E-state index in [4.69, 9.17) is 16.3 Å². The van der Waals surface area contributed by atoms with Gasteiger partial charge in [-0.15, -0.1) is 0 Å². The van der Waals surface area contributed by atoms with Gasteiger partial charge in [0.05, 0.1) is 6.61 Å². The van der Waals surface area contributed by atoms with Crippen LogP contribution >= 0.6 is 11.6 Å². The minimum absolute atomic E-state index is 0.209. The summed E-state index contributed by atoms with van der Waals surface area (Å²) in [6, 6.07) is 4.67. The lowest BCUT2D eigenvalue weighted by molar-refractivity contribution is 0.323. The molecule has 1 aromatic rings. The van der Waals surface area contributed by atoms with E-state index in [0.29, 0.717) is 30.5 Å². The van der Waals surface area contributed by atoms with Crippen LogP contribution in [0.2, 0.25) is 5.02 Å². The molecule has 0 saturated carbocycles. The topological polar surface area (TPSA) is 46.6 Å². The molecule has 0 aliphatic carbocycles. The van der Waals surface area contributed by atoms with E-state index in [0.717, 1.165) is 19.3 Å². The van der Waals surface area contributed by atoms with Gasteiger partial charge in [0.1, 0.15) is 10.6 Å². The van der Waals surface area contributed by atoms with Crippen LogP contribution in [-0.2, 0) is 10.0 Å². The number of halogens is 1. The van der Waals surface area contributed by atoms with Crippen LogP contribution < -0.4 is 4.74 Å². The summed E-state index contributed by atoms with van der Waals surface area (Å²) in [5, 5.41) is 0.473. The molecule has 4 nitrogen and oxygen atoms in total. The van der Waals surface area contributed by atoms with Crippen molar-refractivity contribution in [3.05, 3.63) is 23.2 Å². The smallest absolute Gasteiger partial charge is 0.246 e. The Morgan fingerprint density at radius 1 is 1.26 bits per heavy atom. The van der Waals surface area contributed by atoms with Crippen LogP contribution in [0, 0.1) is 0 Å². The number of piperidine rings is 1. The van der Waals surface area contributed by atoms with Gasteiger partial charge in [0.25, 0.3) is 0 Å². The Kier molecular flexibility index (Phi) is 4.71. The summed E-state index contributed by atoms with van der Waals surface area (Å²) < 4.78 is 32.1. The van der Waals surface area contributed by atoms with Crippen molar-refractivity contribution in [2.24, 2.45) is 0 Å². The molecule has 0 atom stereocenters. The summed E-state index contributed by atoms with van der Waals surface area (Å²) >= 11 is 5.90. The molecular formula is C13H18ClNO3S. The quantitative estimate of drug-likeness (QED) is 0.859. The predicted molar refractivity (Wildman–Crippen MR) is 75.2 cm³/mol. The highest BCUT2D eigenvalue weighted by Gasteiger charge is 2.28. The summed E-state index contributed by atoms with van der Waals surface area (Å²) in [7, 11) is -3.48. The third kappa shape index (κ3) is 3.22. The van der Waals surface area contributed by atoms with E-state index in [2.05, 4.69) is 0 Å². The minimum Gasteiger partial charge on any atom is -0.492 e. The van der Waals surface area contributed by atoms with Crippen LogP contribution in [0.3, 0.4) is 0 Å². The van der Waals surface area contributed by atoms with E-state index in [9.17, 15) is 8.42 Å². The molecule has 0 N–H and O–H groups in total. The third-order valence-electron chi connectivity index (χ3n) is 3.14. The summed E-state index contributed by atoms with van der Waals surface area (Å²) in [4.78, 5) is 0.209. The Bertz CT molecular complexity index is 539. The fourth-order valence-corrected chi connectivity index (χ4v) is 4.00. The van der Waals surface area contributed by atoms with Crippen LogP contribution in [-0.4, -0.2) is 32.4 Å². The highest BCUT2D eigenvalue weighted by Crippen LogP contribution is 2.31. The first-order valence-corrected chi connectivity index (χ1v) is 8.30. The number of nitrogens with zero attached hydrogens (tertiary/aromatic N) is 1. The third-order valence-corrected chi connectivity index (χ3v) is 5.31. The van der Waals surface area contributed by atoms with Crippen LogP contribution in [0.1, 0.15) is 26.2 Å².